The number of carbonyl (C=O) groups is 1. The molecule has 3 N–H and O–H groups in total. The molecular formula is C15H23N3O. The van der Waals surface area contributed by atoms with Gasteiger partial charge in [-0.1, -0.05) is 12.1 Å². The van der Waals surface area contributed by atoms with Gasteiger partial charge in [-0.05, 0) is 57.1 Å². The van der Waals surface area contributed by atoms with Crippen LogP contribution in [0.1, 0.15) is 36.4 Å². The van der Waals surface area contributed by atoms with E-state index in [1.54, 1.807) is 0 Å². The summed E-state index contributed by atoms with van der Waals surface area (Å²) in [4.78, 5) is 13.6. The van der Waals surface area contributed by atoms with Crippen LogP contribution in [0.5, 0.6) is 0 Å². The molecule has 4 heteroatoms. The summed E-state index contributed by atoms with van der Waals surface area (Å²) in [6.45, 7) is 0.728. The molecule has 0 spiro atoms. The van der Waals surface area contributed by atoms with Gasteiger partial charge in [-0.15, -0.1) is 0 Å². The van der Waals surface area contributed by atoms with Crippen LogP contribution in [-0.2, 0) is 11.2 Å². The van der Waals surface area contributed by atoms with Crippen molar-refractivity contribution in [3.8, 4) is 0 Å². The molecule has 1 amide bonds. The first-order valence-corrected chi connectivity index (χ1v) is 6.91. The molecular weight excluding hydrogens is 238 g/mol. The smallest absolute Gasteiger partial charge is 0.224 e. The molecule has 1 heterocycles. The summed E-state index contributed by atoms with van der Waals surface area (Å²) in [7, 11) is 4.20. The van der Waals surface area contributed by atoms with Crippen LogP contribution in [0.15, 0.2) is 18.2 Å². The van der Waals surface area contributed by atoms with Gasteiger partial charge < -0.3 is 16.0 Å². The van der Waals surface area contributed by atoms with Crippen LogP contribution >= 0.6 is 0 Å². The Morgan fingerprint density at radius 2 is 2.16 bits per heavy atom. The molecule has 0 bridgehead atoms. The Morgan fingerprint density at radius 1 is 1.37 bits per heavy atom. The molecule has 1 aliphatic rings. The topological polar surface area (TPSA) is 58.4 Å². The van der Waals surface area contributed by atoms with Gasteiger partial charge >= 0.3 is 0 Å². The number of carbonyl (C=O) groups excluding carboxylic acids is 1. The van der Waals surface area contributed by atoms with Crippen LogP contribution in [0, 0.1) is 0 Å². The minimum Gasteiger partial charge on any atom is -0.330 e. The maximum atomic E-state index is 11.4. The fourth-order valence-electron chi connectivity index (χ4n) is 2.64. The zero-order chi connectivity index (χ0) is 13.8. The third-order valence-electron chi connectivity index (χ3n) is 3.71. The van der Waals surface area contributed by atoms with E-state index >= 15 is 0 Å². The molecule has 0 radical (unpaired) electrons. The molecule has 19 heavy (non-hydrogen) atoms. The summed E-state index contributed by atoms with van der Waals surface area (Å²) in [6, 6.07) is 6.77. The molecule has 1 aliphatic heterocycles. The number of hydrogen-bond donors (Lipinski definition) is 2. The maximum Gasteiger partial charge on any atom is 0.224 e. The van der Waals surface area contributed by atoms with Gasteiger partial charge in [0.1, 0.15) is 0 Å². The van der Waals surface area contributed by atoms with Crippen molar-refractivity contribution < 1.29 is 4.79 Å². The number of nitrogens with zero attached hydrogens (tertiary/aromatic N) is 1. The summed E-state index contributed by atoms with van der Waals surface area (Å²) in [5.41, 5.74) is 9.14. The number of anilines is 1. The number of amides is 1. The molecule has 0 saturated heterocycles. The van der Waals surface area contributed by atoms with Gasteiger partial charge in [0.15, 0.2) is 0 Å². The van der Waals surface area contributed by atoms with Gasteiger partial charge in [0.2, 0.25) is 5.91 Å². The minimum atomic E-state index is 0.118. The molecule has 1 aromatic carbocycles. The van der Waals surface area contributed by atoms with Crippen molar-refractivity contribution in [3.05, 3.63) is 29.3 Å². The van der Waals surface area contributed by atoms with Crippen molar-refractivity contribution >= 4 is 11.6 Å². The van der Waals surface area contributed by atoms with Crippen LogP contribution in [-0.4, -0.2) is 31.4 Å². The second-order valence-corrected chi connectivity index (χ2v) is 5.38. The van der Waals surface area contributed by atoms with E-state index in [4.69, 9.17) is 5.73 Å². The summed E-state index contributed by atoms with van der Waals surface area (Å²) in [6.07, 6.45) is 3.52. The van der Waals surface area contributed by atoms with E-state index in [2.05, 4.69) is 36.4 Å². The third-order valence-corrected chi connectivity index (χ3v) is 3.71. The van der Waals surface area contributed by atoms with Crippen molar-refractivity contribution in [3.63, 3.8) is 0 Å². The Labute approximate surface area is 115 Å². The number of nitrogens with two attached hydrogens (primary N) is 1. The van der Waals surface area contributed by atoms with E-state index in [-0.39, 0.29) is 5.91 Å². The molecule has 0 saturated carbocycles. The van der Waals surface area contributed by atoms with Crippen LogP contribution < -0.4 is 11.1 Å². The molecule has 0 fully saturated rings. The van der Waals surface area contributed by atoms with Crippen molar-refractivity contribution in [1.29, 1.82) is 0 Å². The summed E-state index contributed by atoms with van der Waals surface area (Å²) in [5.74, 6) is 0.118. The predicted octanol–water partition coefficient (Wildman–Crippen LogP) is 1.91. The van der Waals surface area contributed by atoms with E-state index < -0.39 is 0 Å². The van der Waals surface area contributed by atoms with Crippen molar-refractivity contribution in [2.24, 2.45) is 5.73 Å². The van der Waals surface area contributed by atoms with Gasteiger partial charge in [0, 0.05) is 18.2 Å². The van der Waals surface area contributed by atoms with Crippen LogP contribution in [0.2, 0.25) is 0 Å². The minimum absolute atomic E-state index is 0.118. The molecule has 0 aromatic heterocycles. The lowest BCUT2D eigenvalue weighted by Crippen LogP contribution is -2.23. The van der Waals surface area contributed by atoms with E-state index in [1.807, 2.05) is 6.07 Å². The highest BCUT2D eigenvalue weighted by Gasteiger charge is 2.18. The summed E-state index contributed by atoms with van der Waals surface area (Å²) >= 11 is 0. The fraction of sp³-hybridized carbons (Fsp3) is 0.533. The molecule has 1 unspecified atom stereocenters. The first-order valence-electron chi connectivity index (χ1n) is 6.91. The predicted molar refractivity (Wildman–Crippen MR) is 78.1 cm³/mol. The average Bonchev–Trinajstić information content (AvgIpc) is 2.39. The quantitative estimate of drug-likeness (QED) is 0.851. The lowest BCUT2D eigenvalue weighted by Gasteiger charge is -2.26. The Balaban J connectivity index is 2.21. The normalized spacial score (nSPS) is 16.1. The number of hydrogen-bond acceptors (Lipinski definition) is 3. The highest BCUT2D eigenvalue weighted by Crippen LogP contribution is 2.29. The highest BCUT2D eigenvalue weighted by molar-refractivity contribution is 5.93. The van der Waals surface area contributed by atoms with Gasteiger partial charge in [-0.2, -0.15) is 0 Å². The zero-order valence-corrected chi connectivity index (χ0v) is 11.8. The largest absolute Gasteiger partial charge is 0.330 e. The summed E-state index contributed by atoms with van der Waals surface area (Å²) < 4.78 is 0. The molecule has 4 nitrogen and oxygen atoms in total. The number of rotatable bonds is 5. The van der Waals surface area contributed by atoms with Gasteiger partial charge in [0.05, 0.1) is 0 Å². The van der Waals surface area contributed by atoms with Crippen LogP contribution in [0.25, 0.3) is 0 Å². The molecule has 1 atom stereocenters. The van der Waals surface area contributed by atoms with E-state index in [0.717, 1.165) is 31.5 Å². The van der Waals surface area contributed by atoms with E-state index in [1.165, 1.54) is 11.1 Å². The average molecular weight is 261 g/mol. The van der Waals surface area contributed by atoms with E-state index in [9.17, 15) is 4.79 Å². The number of fused-ring (bicyclic) bond motifs is 1. The van der Waals surface area contributed by atoms with E-state index in [0.29, 0.717) is 12.5 Å². The molecule has 1 aromatic rings. The number of nitrogens with one attached hydrogen (secondary N) is 1. The van der Waals surface area contributed by atoms with Crippen molar-refractivity contribution in [2.45, 2.75) is 31.7 Å². The second kappa shape index (κ2) is 6.17. The second-order valence-electron chi connectivity index (χ2n) is 5.38. The Morgan fingerprint density at radius 3 is 2.84 bits per heavy atom. The zero-order valence-electron chi connectivity index (χ0n) is 11.8. The Hall–Kier alpha value is -1.39. The lowest BCUT2D eigenvalue weighted by molar-refractivity contribution is -0.116. The molecule has 104 valence electrons. The Bertz CT molecular complexity index is 457. The standard InChI is InChI=1S/C15H23N3O/c1-18(2)14(4-3-9-16)12-5-7-13-11(10-12)6-8-15(19)17-13/h5,7,10,14H,3-4,6,8-9,16H2,1-2H3,(H,17,19). The molecule has 0 aliphatic carbocycles. The van der Waals surface area contributed by atoms with Gasteiger partial charge in [0.25, 0.3) is 0 Å². The number of benzene rings is 1. The fourth-order valence-corrected chi connectivity index (χ4v) is 2.64. The van der Waals surface area contributed by atoms with Crippen LogP contribution in [0.4, 0.5) is 5.69 Å². The first kappa shape index (κ1) is 14.0. The molecule has 2 rings (SSSR count). The van der Waals surface area contributed by atoms with Gasteiger partial charge in [-0.3, -0.25) is 4.79 Å². The SMILES string of the molecule is CN(C)C(CCCN)c1ccc2c(c1)CCC(=O)N2. The third kappa shape index (κ3) is 3.33. The maximum absolute atomic E-state index is 11.4. The van der Waals surface area contributed by atoms with Crippen LogP contribution in [0.3, 0.4) is 0 Å². The van der Waals surface area contributed by atoms with Gasteiger partial charge in [-0.25, -0.2) is 0 Å². The Kier molecular flexibility index (Phi) is 4.56. The first-order chi connectivity index (χ1) is 9.11. The lowest BCUT2D eigenvalue weighted by atomic mass is 9.95. The monoisotopic (exact) mass is 261 g/mol. The highest BCUT2D eigenvalue weighted by atomic mass is 16.1. The van der Waals surface area contributed by atoms with Crippen molar-refractivity contribution in [1.82, 2.24) is 4.90 Å². The van der Waals surface area contributed by atoms with Crippen molar-refractivity contribution in [2.75, 3.05) is 26.0 Å². The number of aryl methyl sites for hydroxylation is 1. The summed E-state index contributed by atoms with van der Waals surface area (Å²) in [5, 5.41) is 2.93.